The number of ether oxygens (including phenoxy) is 2. The third-order valence-corrected chi connectivity index (χ3v) is 6.60. The van der Waals surface area contributed by atoms with Gasteiger partial charge in [0.1, 0.15) is 17.2 Å². The van der Waals surface area contributed by atoms with Crippen molar-refractivity contribution in [2.45, 2.75) is 26.7 Å². The first-order chi connectivity index (χ1) is 17.9. The molecule has 1 aliphatic heterocycles. The first-order valence-corrected chi connectivity index (χ1v) is 12.7. The summed E-state index contributed by atoms with van der Waals surface area (Å²) in [6.45, 7) is 6.98. The SMILES string of the molecule is CCNC(=O)Nc1ccc(Oc2ccnc3cc(OCC4CCN(C)CC4)c(C(=O)NC)cc23)cc1C. The molecule has 0 spiro atoms. The fraction of sp³-hybridized carbons (Fsp3) is 0.393. The molecule has 0 aliphatic carbocycles. The van der Waals surface area contributed by atoms with Gasteiger partial charge < -0.3 is 30.3 Å². The minimum Gasteiger partial charge on any atom is -0.492 e. The van der Waals surface area contributed by atoms with E-state index in [2.05, 4.69) is 32.9 Å². The summed E-state index contributed by atoms with van der Waals surface area (Å²) < 4.78 is 12.4. The highest BCUT2D eigenvalue weighted by Crippen LogP contribution is 2.34. The largest absolute Gasteiger partial charge is 0.492 e. The van der Waals surface area contributed by atoms with Crippen LogP contribution in [0.1, 0.15) is 35.7 Å². The molecule has 9 nitrogen and oxygen atoms in total. The summed E-state index contributed by atoms with van der Waals surface area (Å²) in [6.07, 6.45) is 3.83. The van der Waals surface area contributed by atoms with E-state index in [4.69, 9.17) is 9.47 Å². The second-order valence-electron chi connectivity index (χ2n) is 9.37. The number of amides is 3. The number of hydrogen-bond donors (Lipinski definition) is 3. The molecule has 0 unspecified atom stereocenters. The van der Waals surface area contributed by atoms with Gasteiger partial charge in [-0.2, -0.15) is 0 Å². The van der Waals surface area contributed by atoms with Crippen LogP contribution in [0.25, 0.3) is 10.9 Å². The number of anilines is 1. The van der Waals surface area contributed by atoms with Gasteiger partial charge in [0, 0.05) is 36.9 Å². The highest BCUT2D eigenvalue weighted by molar-refractivity contribution is 6.02. The first-order valence-electron chi connectivity index (χ1n) is 12.7. The van der Waals surface area contributed by atoms with Gasteiger partial charge in [-0.3, -0.25) is 9.78 Å². The van der Waals surface area contributed by atoms with Crippen LogP contribution in [0, 0.1) is 12.8 Å². The molecule has 3 aromatic rings. The zero-order valence-electron chi connectivity index (χ0n) is 21.9. The quantitative estimate of drug-likeness (QED) is 0.415. The number of nitrogens with zero attached hydrogens (tertiary/aromatic N) is 2. The van der Waals surface area contributed by atoms with E-state index < -0.39 is 0 Å². The summed E-state index contributed by atoms with van der Waals surface area (Å²) in [5.41, 5.74) is 2.68. The van der Waals surface area contributed by atoms with E-state index in [0.29, 0.717) is 58.5 Å². The molecular weight excluding hydrogens is 470 g/mol. The minimum absolute atomic E-state index is 0.230. The van der Waals surface area contributed by atoms with E-state index in [1.54, 1.807) is 37.5 Å². The molecule has 0 atom stereocenters. The molecule has 1 aliphatic rings. The summed E-state index contributed by atoms with van der Waals surface area (Å²) in [4.78, 5) is 31.5. The summed E-state index contributed by atoms with van der Waals surface area (Å²) in [5, 5.41) is 8.96. The van der Waals surface area contributed by atoms with E-state index in [1.807, 2.05) is 26.0 Å². The topological polar surface area (TPSA) is 105 Å². The summed E-state index contributed by atoms with van der Waals surface area (Å²) in [6, 6.07) is 10.5. The van der Waals surface area contributed by atoms with Crippen molar-refractivity contribution in [1.82, 2.24) is 20.5 Å². The number of pyridine rings is 1. The monoisotopic (exact) mass is 505 g/mol. The van der Waals surface area contributed by atoms with E-state index in [0.717, 1.165) is 31.5 Å². The molecule has 196 valence electrons. The number of carbonyl (C=O) groups is 2. The Balaban J connectivity index is 1.58. The molecule has 2 aromatic carbocycles. The van der Waals surface area contributed by atoms with Gasteiger partial charge >= 0.3 is 6.03 Å². The average Bonchev–Trinajstić information content (AvgIpc) is 2.89. The van der Waals surface area contributed by atoms with Crippen molar-refractivity contribution in [3.63, 3.8) is 0 Å². The molecule has 1 aromatic heterocycles. The van der Waals surface area contributed by atoms with Gasteiger partial charge in [-0.25, -0.2) is 4.79 Å². The Kier molecular flexibility index (Phi) is 8.45. The van der Waals surface area contributed by atoms with Gasteiger partial charge in [-0.1, -0.05) is 0 Å². The highest BCUT2D eigenvalue weighted by atomic mass is 16.5. The average molecular weight is 506 g/mol. The fourth-order valence-electron chi connectivity index (χ4n) is 4.40. The smallest absolute Gasteiger partial charge is 0.319 e. The number of carbonyl (C=O) groups excluding carboxylic acids is 2. The van der Waals surface area contributed by atoms with Crippen molar-refractivity contribution in [2.75, 3.05) is 45.7 Å². The maximum Gasteiger partial charge on any atom is 0.319 e. The summed E-state index contributed by atoms with van der Waals surface area (Å²) in [7, 11) is 3.74. The van der Waals surface area contributed by atoms with Crippen LogP contribution in [0.15, 0.2) is 42.6 Å². The van der Waals surface area contributed by atoms with Crippen LogP contribution >= 0.6 is 0 Å². The summed E-state index contributed by atoms with van der Waals surface area (Å²) in [5.74, 6) is 1.93. The molecule has 1 saturated heterocycles. The fourth-order valence-corrected chi connectivity index (χ4v) is 4.40. The molecule has 3 amide bonds. The van der Waals surface area contributed by atoms with Crippen LogP contribution in [0.5, 0.6) is 17.2 Å². The second kappa shape index (κ2) is 11.9. The van der Waals surface area contributed by atoms with Crippen molar-refractivity contribution >= 4 is 28.5 Å². The third-order valence-electron chi connectivity index (χ3n) is 6.60. The van der Waals surface area contributed by atoms with Crippen LogP contribution in [0.3, 0.4) is 0 Å². The lowest BCUT2D eigenvalue weighted by Crippen LogP contribution is -2.32. The van der Waals surface area contributed by atoms with Gasteiger partial charge in [0.25, 0.3) is 5.91 Å². The molecule has 0 radical (unpaired) electrons. The molecule has 4 rings (SSSR count). The Labute approximate surface area is 217 Å². The standard InChI is InChI=1S/C28H35N5O4/c1-5-30-28(35)32-23-7-6-20(14-18(23)2)37-25-8-11-31-24-16-26(22(15-21(24)25)27(34)29-3)36-17-19-9-12-33(4)13-10-19/h6-8,11,14-16,19H,5,9-10,12-13,17H2,1-4H3,(H,29,34)(H2,30,32,35). The minimum atomic E-state index is -0.255. The molecule has 3 N–H and O–H groups in total. The predicted molar refractivity (Wildman–Crippen MR) is 145 cm³/mol. The second-order valence-corrected chi connectivity index (χ2v) is 9.37. The lowest BCUT2D eigenvalue weighted by atomic mass is 9.98. The van der Waals surface area contributed by atoms with E-state index >= 15 is 0 Å². The van der Waals surface area contributed by atoms with Crippen LogP contribution in [-0.4, -0.2) is 62.2 Å². The third kappa shape index (κ3) is 6.48. The molecule has 37 heavy (non-hydrogen) atoms. The van der Waals surface area contributed by atoms with Crippen LogP contribution in [-0.2, 0) is 0 Å². The van der Waals surface area contributed by atoms with Crippen molar-refractivity contribution < 1.29 is 19.1 Å². The van der Waals surface area contributed by atoms with Crippen molar-refractivity contribution in [1.29, 1.82) is 0 Å². The maximum atomic E-state index is 12.8. The number of aryl methyl sites for hydroxylation is 1. The maximum absolute atomic E-state index is 12.8. The van der Waals surface area contributed by atoms with Gasteiger partial charge in [-0.05, 0) is 88.6 Å². The Bertz CT molecular complexity index is 1270. The van der Waals surface area contributed by atoms with Crippen LogP contribution < -0.4 is 25.4 Å². The lowest BCUT2D eigenvalue weighted by molar-refractivity contribution is 0.0956. The zero-order chi connectivity index (χ0) is 26.4. The first kappa shape index (κ1) is 26.2. The Morgan fingerprint density at radius 3 is 2.59 bits per heavy atom. The van der Waals surface area contributed by atoms with Gasteiger partial charge in [0.05, 0.1) is 17.7 Å². The number of likely N-dealkylation sites (tertiary alicyclic amines) is 1. The van der Waals surface area contributed by atoms with E-state index in [9.17, 15) is 9.59 Å². The lowest BCUT2D eigenvalue weighted by Gasteiger charge is -2.29. The van der Waals surface area contributed by atoms with Crippen molar-refractivity contribution in [3.8, 4) is 17.2 Å². The van der Waals surface area contributed by atoms with E-state index in [-0.39, 0.29) is 11.9 Å². The number of rotatable bonds is 8. The Morgan fingerprint density at radius 1 is 1.11 bits per heavy atom. The van der Waals surface area contributed by atoms with Crippen LogP contribution in [0.2, 0.25) is 0 Å². The molecule has 0 bridgehead atoms. The number of hydrogen-bond acceptors (Lipinski definition) is 6. The van der Waals surface area contributed by atoms with Gasteiger partial charge in [0.2, 0.25) is 0 Å². The summed E-state index contributed by atoms with van der Waals surface area (Å²) >= 11 is 0. The highest BCUT2D eigenvalue weighted by Gasteiger charge is 2.20. The van der Waals surface area contributed by atoms with Crippen molar-refractivity contribution in [2.24, 2.45) is 5.92 Å². The number of urea groups is 1. The number of aromatic nitrogens is 1. The molecular formula is C28H35N5O4. The molecule has 0 saturated carbocycles. The number of piperidine rings is 1. The number of nitrogens with one attached hydrogen (secondary N) is 3. The molecule has 9 heteroatoms. The van der Waals surface area contributed by atoms with E-state index in [1.165, 1.54) is 0 Å². The Morgan fingerprint density at radius 2 is 1.89 bits per heavy atom. The Hall–Kier alpha value is -3.85. The molecule has 1 fully saturated rings. The zero-order valence-corrected chi connectivity index (χ0v) is 21.9. The molecule has 2 heterocycles. The predicted octanol–water partition coefficient (Wildman–Crippen LogP) is 4.56. The van der Waals surface area contributed by atoms with Crippen LogP contribution in [0.4, 0.5) is 10.5 Å². The van der Waals surface area contributed by atoms with Gasteiger partial charge in [-0.15, -0.1) is 0 Å². The number of benzene rings is 2. The van der Waals surface area contributed by atoms with Gasteiger partial charge in [0.15, 0.2) is 0 Å². The number of fused-ring (bicyclic) bond motifs is 1. The van der Waals surface area contributed by atoms with Crippen molar-refractivity contribution in [3.05, 3.63) is 53.7 Å². The normalized spacial score (nSPS) is 14.3.